The molecule has 0 saturated carbocycles. The molecule has 21 heavy (non-hydrogen) atoms. The highest BCUT2D eigenvalue weighted by Crippen LogP contribution is 2.19. The van der Waals surface area contributed by atoms with Gasteiger partial charge in [0.25, 0.3) is 5.91 Å². The molecule has 0 atom stereocenters. The van der Waals surface area contributed by atoms with E-state index in [4.69, 9.17) is 4.52 Å². The number of hydrogen-bond donors (Lipinski definition) is 2. The average molecular weight is 288 g/mol. The summed E-state index contributed by atoms with van der Waals surface area (Å²) in [6.45, 7) is 8.61. The Labute approximate surface area is 123 Å². The third kappa shape index (κ3) is 3.81. The van der Waals surface area contributed by atoms with Gasteiger partial charge in [0.05, 0.1) is 5.69 Å². The van der Waals surface area contributed by atoms with E-state index in [0.29, 0.717) is 17.3 Å². The standard InChI is InChI=1S/C15H20N4O2/c1-5-16-13-8-11(7-12(17-13)9(2)3)15(20)18-14-6-10(4)19-21-14/h6-9H,5H2,1-4H3,(H,16,17)(H,18,20). The fraction of sp³-hybridized carbons (Fsp3) is 0.400. The molecule has 2 N–H and O–H groups in total. The normalized spacial score (nSPS) is 10.7. The first-order chi connectivity index (χ1) is 9.99. The van der Waals surface area contributed by atoms with Crippen LogP contribution >= 0.6 is 0 Å². The fourth-order valence-corrected chi connectivity index (χ4v) is 1.86. The molecule has 2 rings (SSSR count). The van der Waals surface area contributed by atoms with Gasteiger partial charge in [-0.05, 0) is 31.9 Å². The van der Waals surface area contributed by atoms with Crippen LogP contribution in [0, 0.1) is 6.92 Å². The first-order valence-corrected chi connectivity index (χ1v) is 7.00. The lowest BCUT2D eigenvalue weighted by atomic mass is 10.1. The van der Waals surface area contributed by atoms with Gasteiger partial charge in [-0.1, -0.05) is 19.0 Å². The zero-order valence-corrected chi connectivity index (χ0v) is 12.7. The molecule has 6 nitrogen and oxygen atoms in total. The lowest BCUT2D eigenvalue weighted by Gasteiger charge is -2.11. The predicted octanol–water partition coefficient (Wildman–Crippen LogP) is 3.19. The maximum Gasteiger partial charge on any atom is 0.258 e. The van der Waals surface area contributed by atoms with Gasteiger partial charge < -0.3 is 9.84 Å². The monoisotopic (exact) mass is 288 g/mol. The Balaban J connectivity index is 2.26. The smallest absolute Gasteiger partial charge is 0.258 e. The van der Waals surface area contributed by atoms with Crippen LogP contribution in [0.5, 0.6) is 0 Å². The molecule has 2 aromatic heterocycles. The van der Waals surface area contributed by atoms with Crippen molar-refractivity contribution >= 4 is 17.6 Å². The summed E-state index contributed by atoms with van der Waals surface area (Å²) < 4.78 is 5.00. The Morgan fingerprint density at radius 3 is 2.67 bits per heavy atom. The third-order valence-corrected chi connectivity index (χ3v) is 2.92. The number of rotatable bonds is 5. The topological polar surface area (TPSA) is 80.0 Å². The number of hydrogen-bond acceptors (Lipinski definition) is 5. The number of aromatic nitrogens is 2. The van der Waals surface area contributed by atoms with E-state index in [-0.39, 0.29) is 11.8 Å². The Hall–Kier alpha value is -2.37. The van der Waals surface area contributed by atoms with Crippen molar-refractivity contribution in [2.24, 2.45) is 0 Å². The van der Waals surface area contributed by atoms with Crippen molar-refractivity contribution in [1.29, 1.82) is 0 Å². The van der Waals surface area contributed by atoms with Crippen molar-refractivity contribution in [3.63, 3.8) is 0 Å². The number of carbonyl (C=O) groups excluding carboxylic acids is 1. The van der Waals surface area contributed by atoms with Gasteiger partial charge in [0.2, 0.25) is 5.88 Å². The summed E-state index contributed by atoms with van der Waals surface area (Å²) >= 11 is 0. The molecule has 0 fully saturated rings. The molecule has 0 spiro atoms. The molecule has 0 saturated heterocycles. The first kappa shape index (κ1) is 15.0. The molecule has 2 aromatic rings. The minimum atomic E-state index is -0.241. The van der Waals surface area contributed by atoms with Gasteiger partial charge in [0.15, 0.2) is 0 Å². The molecule has 0 aliphatic heterocycles. The van der Waals surface area contributed by atoms with Crippen molar-refractivity contribution < 1.29 is 9.32 Å². The molecule has 112 valence electrons. The Bertz CT molecular complexity index is 634. The van der Waals surface area contributed by atoms with Crippen LogP contribution in [0.3, 0.4) is 0 Å². The van der Waals surface area contributed by atoms with Gasteiger partial charge in [-0.15, -0.1) is 0 Å². The largest absolute Gasteiger partial charge is 0.370 e. The third-order valence-electron chi connectivity index (χ3n) is 2.92. The fourth-order valence-electron chi connectivity index (χ4n) is 1.86. The van der Waals surface area contributed by atoms with E-state index >= 15 is 0 Å². The number of amides is 1. The number of nitrogens with one attached hydrogen (secondary N) is 2. The molecule has 1 amide bonds. The molecule has 0 radical (unpaired) electrons. The van der Waals surface area contributed by atoms with Gasteiger partial charge >= 0.3 is 0 Å². The average Bonchev–Trinajstić information content (AvgIpc) is 2.84. The maximum absolute atomic E-state index is 12.3. The summed E-state index contributed by atoms with van der Waals surface area (Å²) in [5.41, 5.74) is 2.13. The highest BCUT2D eigenvalue weighted by atomic mass is 16.5. The second kappa shape index (κ2) is 6.39. The quantitative estimate of drug-likeness (QED) is 0.883. The van der Waals surface area contributed by atoms with E-state index in [1.54, 1.807) is 25.1 Å². The Morgan fingerprint density at radius 1 is 1.33 bits per heavy atom. The second-order valence-corrected chi connectivity index (χ2v) is 5.14. The molecule has 0 bridgehead atoms. The number of carbonyl (C=O) groups is 1. The van der Waals surface area contributed by atoms with Crippen LogP contribution in [0.2, 0.25) is 0 Å². The van der Waals surface area contributed by atoms with Gasteiger partial charge in [-0.2, -0.15) is 0 Å². The van der Waals surface area contributed by atoms with E-state index in [2.05, 4.69) is 20.8 Å². The van der Waals surface area contributed by atoms with Gasteiger partial charge in [0, 0.05) is 23.9 Å². The summed E-state index contributed by atoms with van der Waals surface area (Å²) in [5.74, 6) is 1.03. The highest BCUT2D eigenvalue weighted by Gasteiger charge is 2.13. The molecule has 0 aromatic carbocycles. The lowest BCUT2D eigenvalue weighted by Crippen LogP contribution is -2.14. The van der Waals surface area contributed by atoms with Gasteiger partial charge in [-0.3, -0.25) is 10.1 Å². The molecule has 0 aliphatic rings. The van der Waals surface area contributed by atoms with E-state index in [0.717, 1.165) is 17.9 Å². The zero-order valence-electron chi connectivity index (χ0n) is 12.7. The number of aryl methyl sites for hydroxylation is 1. The Morgan fingerprint density at radius 2 is 2.10 bits per heavy atom. The van der Waals surface area contributed by atoms with Crippen LogP contribution in [0.4, 0.5) is 11.7 Å². The molecule has 0 aliphatic carbocycles. The van der Waals surface area contributed by atoms with Crippen LogP contribution in [-0.4, -0.2) is 22.6 Å². The van der Waals surface area contributed by atoms with Crippen molar-refractivity contribution in [1.82, 2.24) is 10.1 Å². The molecule has 0 unspecified atom stereocenters. The van der Waals surface area contributed by atoms with Crippen LogP contribution in [0.25, 0.3) is 0 Å². The van der Waals surface area contributed by atoms with Crippen molar-refractivity contribution in [3.05, 3.63) is 35.2 Å². The number of nitrogens with zero attached hydrogens (tertiary/aromatic N) is 2. The molecular weight excluding hydrogens is 268 g/mol. The van der Waals surface area contributed by atoms with Crippen LogP contribution in [0.15, 0.2) is 22.7 Å². The van der Waals surface area contributed by atoms with E-state index < -0.39 is 0 Å². The maximum atomic E-state index is 12.3. The Kier molecular flexibility index (Phi) is 4.57. The van der Waals surface area contributed by atoms with Crippen molar-refractivity contribution in [2.45, 2.75) is 33.6 Å². The van der Waals surface area contributed by atoms with E-state index in [1.165, 1.54) is 0 Å². The van der Waals surface area contributed by atoms with Crippen LogP contribution in [0.1, 0.15) is 48.4 Å². The van der Waals surface area contributed by atoms with E-state index in [1.807, 2.05) is 20.8 Å². The molecule has 2 heterocycles. The highest BCUT2D eigenvalue weighted by molar-refractivity contribution is 6.04. The minimum absolute atomic E-state index is 0.239. The zero-order chi connectivity index (χ0) is 15.4. The minimum Gasteiger partial charge on any atom is -0.370 e. The summed E-state index contributed by atoms with van der Waals surface area (Å²) in [5, 5.41) is 9.57. The summed E-state index contributed by atoms with van der Waals surface area (Å²) in [7, 11) is 0. The van der Waals surface area contributed by atoms with E-state index in [9.17, 15) is 4.79 Å². The second-order valence-electron chi connectivity index (χ2n) is 5.14. The van der Waals surface area contributed by atoms with Crippen molar-refractivity contribution in [3.8, 4) is 0 Å². The van der Waals surface area contributed by atoms with Gasteiger partial charge in [-0.25, -0.2) is 4.98 Å². The first-order valence-electron chi connectivity index (χ1n) is 7.00. The lowest BCUT2D eigenvalue weighted by molar-refractivity contribution is 0.102. The summed E-state index contributed by atoms with van der Waals surface area (Å²) in [4.78, 5) is 16.8. The summed E-state index contributed by atoms with van der Waals surface area (Å²) in [6, 6.07) is 5.20. The van der Waals surface area contributed by atoms with Crippen LogP contribution < -0.4 is 10.6 Å². The number of pyridine rings is 1. The molecular formula is C15H20N4O2. The SMILES string of the molecule is CCNc1cc(C(=O)Nc2cc(C)no2)cc(C(C)C)n1. The predicted molar refractivity (Wildman–Crippen MR) is 81.7 cm³/mol. The number of anilines is 2. The van der Waals surface area contributed by atoms with Gasteiger partial charge in [0.1, 0.15) is 5.82 Å². The summed E-state index contributed by atoms with van der Waals surface area (Å²) in [6.07, 6.45) is 0. The van der Waals surface area contributed by atoms with Crippen LogP contribution in [-0.2, 0) is 0 Å². The molecule has 6 heteroatoms. The van der Waals surface area contributed by atoms with Crippen molar-refractivity contribution in [2.75, 3.05) is 17.2 Å².